The Hall–Kier alpha value is -1.92. The maximum absolute atomic E-state index is 12.2. The molecule has 1 aromatic rings. The van der Waals surface area contributed by atoms with Gasteiger partial charge in [-0.3, -0.25) is 10.1 Å². The molecule has 7 heteroatoms. The Labute approximate surface area is 152 Å². The zero-order valence-electron chi connectivity index (χ0n) is 13.5. The van der Waals surface area contributed by atoms with Crippen LogP contribution in [-0.4, -0.2) is 22.8 Å². The number of halogens is 1. The molecule has 4 N–H and O–H groups in total. The van der Waals surface area contributed by atoms with Crippen molar-refractivity contribution in [3.8, 4) is 0 Å². The van der Waals surface area contributed by atoms with Crippen molar-refractivity contribution < 1.29 is 4.79 Å². The SMILES string of the molecule is CC(=N)/C=C(/NC(=S)NC(=O)c1ccc(Cl)cc1)NC1CCCC1. The molecule has 1 aromatic carbocycles. The van der Waals surface area contributed by atoms with Gasteiger partial charge in [0.2, 0.25) is 0 Å². The van der Waals surface area contributed by atoms with Crippen LogP contribution in [0.25, 0.3) is 0 Å². The van der Waals surface area contributed by atoms with Crippen LogP contribution in [0.1, 0.15) is 43.0 Å². The molecule has 2 rings (SSSR count). The minimum Gasteiger partial charge on any atom is -0.369 e. The molecule has 0 aromatic heterocycles. The summed E-state index contributed by atoms with van der Waals surface area (Å²) < 4.78 is 0. The predicted octanol–water partition coefficient (Wildman–Crippen LogP) is 3.36. The molecule has 0 bridgehead atoms. The summed E-state index contributed by atoms with van der Waals surface area (Å²) in [6, 6.07) is 6.94. The first-order valence-electron chi connectivity index (χ1n) is 7.85. The van der Waals surface area contributed by atoms with E-state index in [9.17, 15) is 4.79 Å². The molecule has 0 spiro atoms. The first-order chi connectivity index (χ1) is 11.4. The number of thiocarbonyl (C=S) groups is 1. The zero-order chi connectivity index (χ0) is 17.5. The van der Waals surface area contributed by atoms with Crippen LogP contribution < -0.4 is 16.0 Å². The number of carbonyl (C=O) groups is 1. The molecule has 1 saturated carbocycles. The van der Waals surface area contributed by atoms with E-state index in [0.717, 1.165) is 12.8 Å². The molecule has 0 heterocycles. The highest BCUT2D eigenvalue weighted by molar-refractivity contribution is 7.80. The first kappa shape index (κ1) is 18.4. The predicted molar refractivity (Wildman–Crippen MR) is 102 cm³/mol. The Morgan fingerprint density at radius 1 is 1.25 bits per heavy atom. The van der Waals surface area contributed by atoms with Crippen molar-refractivity contribution in [2.24, 2.45) is 0 Å². The highest BCUT2D eigenvalue weighted by Gasteiger charge is 2.16. The lowest BCUT2D eigenvalue weighted by Crippen LogP contribution is -2.43. The number of allylic oxidation sites excluding steroid dienone is 1. The van der Waals surface area contributed by atoms with Gasteiger partial charge < -0.3 is 16.0 Å². The molecule has 0 saturated heterocycles. The maximum Gasteiger partial charge on any atom is 0.257 e. The van der Waals surface area contributed by atoms with Crippen LogP contribution in [0, 0.1) is 5.41 Å². The summed E-state index contributed by atoms with van der Waals surface area (Å²) >= 11 is 11.0. The summed E-state index contributed by atoms with van der Waals surface area (Å²) in [6.45, 7) is 1.69. The molecule has 0 atom stereocenters. The highest BCUT2D eigenvalue weighted by Crippen LogP contribution is 2.18. The molecule has 1 fully saturated rings. The number of nitrogens with one attached hydrogen (secondary N) is 4. The summed E-state index contributed by atoms with van der Waals surface area (Å²) in [5.74, 6) is 0.326. The van der Waals surface area contributed by atoms with Crippen LogP contribution >= 0.6 is 23.8 Å². The van der Waals surface area contributed by atoms with Gasteiger partial charge in [-0.15, -0.1) is 0 Å². The number of rotatable bonds is 5. The Balaban J connectivity index is 1.95. The minimum atomic E-state index is -0.309. The van der Waals surface area contributed by atoms with E-state index in [1.807, 2.05) is 0 Å². The molecule has 5 nitrogen and oxygen atoms in total. The monoisotopic (exact) mass is 364 g/mol. The lowest BCUT2D eigenvalue weighted by molar-refractivity contribution is 0.0977. The molecular weight excluding hydrogens is 344 g/mol. The summed E-state index contributed by atoms with van der Waals surface area (Å²) in [6.07, 6.45) is 6.26. The summed E-state index contributed by atoms with van der Waals surface area (Å²) in [5, 5.41) is 17.3. The van der Waals surface area contributed by atoms with Gasteiger partial charge in [0, 0.05) is 22.3 Å². The quantitative estimate of drug-likeness (QED) is 0.477. The summed E-state index contributed by atoms with van der Waals surface area (Å²) in [5.41, 5.74) is 0.871. The van der Waals surface area contributed by atoms with Gasteiger partial charge in [0.25, 0.3) is 5.91 Å². The number of carbonyl (C=O) groups excluding carboxylic acids is 1. The van der Waals surface area contributed by atoms with Crippen molar-refractivity contribution in [1.29, 1.82) is 5.41 Å². The highest BCUT2D eigenvalue weighted by atomic mass is 35.5. The van der Waals surface area contributed by atoms with E-state index in [1.54, 1.807) is 37.3 Å². The zero-order valence-corrected chi connectivity index (χ0v) is 15.1. The number of benzene rings is 1. The molecule has 0 unspecified atom stereocenters. The van der Waals surface area contributed by atoms with E-state index in [2.05, 4.69) is 16.0 Å². The van der Waals surface area contributed by atoms with Crippen LogP contribution in [-0.2, 0) is 0 Å². The third-order valence-corrected chi connectivity index (χ3v) is 4.11. The van der Waals surface area contributed by atoms with Gasteiger partial charge in [-0.2, -0.15) is 0 Å². The van der Waals surface area contributed by atoms with Gasteiger partial charge in [-0.25, -0.2) is 0 Å². The summed E-state index contributed by atoms with van der Waals surface area (Å²) in [7, 11) is 0. The van der Waals surface area contributed by atoms with E-state index in [4.69, 9.17) is 29.2 Å². The van der Waals surface area contributed by atoms with Gasteiger partial charge in [-0.05, 0) is 62.3 Å². The number of amides is 1. The molecule has 128 valence electrons. The Bertz CT molecular complexity index is 651. The van der Waals surface area contributed by atoms with Gasteiger partial charge in [0.1, 0.15) is 5.82 Å². The van der Waals surface area contributed by atoms with Gasteiger partial charge in [0.05, 0.1) is 0 Å². The Morgan fingerprint density at radius 3 is 2.46 bits per heavy atom. The topological polar surface area (TPSA) is 77.0 Å². The molecule has 24 heavy (non-hydrogen) atoms. The van der Waals surface area contributed by atoms with E-state index < -0.39 is 0 Å². The number of hydrogen-bond acceptors (Lipinski definition) is 4. The second-order valence-corrected chi connectivity index (χ2v) is 6.63. The third-order valence-electron chi connectivity index (χ3n) is 3.66. The van der Waals surface area contributed by atoms with Crippen LogP contribution in [0.2, 0.25) is 5.02 Å². The second-order valence-electron chi connectivity index (χ2n) is 5.78. The fourth-order valence-electron chi connectivity index (χ4n) is 2.55. The van der Waals surface area contributed by atoms with Gasteiger partial charge in [-0.1, -0.05) is 24.4 Å². The Morgan fingerprint density at radius 2 is 1.88 bits per heavy atom. The van der Waals surface area contributed by atoms with Crippen molar-refractivity contribution in [2.75, 3.05) is 0 Å². The molecule has 1 amide bonds. The fourth-order valence-corrected chi connectivity index (χ4v) is 2.88. The van der Waals surface area contributed by atoms with Crippen molar-refractivity contribution >= 4 is 40.6 Å². The molecule has 1 aliphatic carbocycles. The van der Waals surface area contributed by atoms with Crippen molar-refractivity contribution in [3.05, 3.63) is 46.7 Å². The molecule has 0 aliphatic heterocycles. The second kappa shape index (κ2) is 8.80. The lowest BCUT2D eigenvalue weighted by atomic mass is 10.2. The molecule has 0 radical (unpaired) electrons. The van der Waals surface area contributed by atoms with E-state index in [0.29, 0.717) is 28.2 Å². The Kier molecular flexibility index (Phi) is 6.75. The van der Waals surface area contributed by atoms with E-state index in [1.165, 1.54) is 12.8 Å². The minimum absolute atomic E-state index is 0.188. The van der Waals surface area contributed by atoms with E-state index in [-0.39, 0.29) is 11.0 Å². The van der Waals surface area contributed by atoms with Crippen LogP contribution in [0.5, 0.6) is 0 Å². The standard InChI is InChI=1S/C17H21ClN4OS/c1-11(19)10-15(20-14-4-2-3-5-14)21-17(24)22-16(23)12-6-8-13(18)9-7-12/h6-10,14,19-20H,2-5H2,1H3,(H2,21,22,23,24)/b15-10+,19-11?. The van der Waals surface area contributed by atoms with Crippen molar-refractivity contribution in [2.45, 2.75) is 38.6 Å². The average molecular weight is 365 g/mol. The largest absolute Gasteiger partial charge is 0.369 e. The van der Waals surface area contributed by atoms with Crippen LogP contribution in [0.15, 0.2) is 36.2 Å². The average Bonchev–Trinajstić information content (AvgIpc) is 2.99. The number of hydrogen-bond donors (Lipinski definition) is 4. The maximum atomic E-state index is 12.2. The lowest BCUT2D eigenvalue weighted by Gasteiger charge is -2.19. The summed E-state index contributed by atoms with van der Waals surface area (Å²) in [4.78, 5) is 12.2. The molecular formula is C17H21ClN4OS. The van der Waals surface area contributed by atoms with Gasteiger partial charge >= 0.3 is 0 Å². The fraction of sp³-hybridized carbons (Fsp3) is 0.353. The van der Waals surface area contributed by atoms with Gasteiger partial charge in [0.15, 0.2) is 5.11 Å². The third kappa shape index (κ3) is 5.94. The normalized spacial score (nSPS) is 15.0. The van der Waals surface area contributed by atoms with Crippen LogP contribution in [0.4, 0.5) is 0 Å². The molecule has 1 aliphatic rings. The first-order valence-corrected chi connectivity index (χ1v) is 8.64. The van der Waals surface area contributed by atoms with Crippen LogP contribution in [0.3, 0.4) is 0 Å². The van der Waals surface area contributed by atoms with E-state index >= 15 is 0 Å². The smallest absolute Gasteiger partial charge is 0.257 e. The van der Waals surface area contributed by atoms with Crippen molar-refractivity contribution in [1.82, 2.24) is 16.0 Å². The van der Waals surface area contributed by atoms with Crippen molar-refractivity contribution in [3.63, 3.8) is 0 Å².